The highest BCUT2D eigenvalue weighted by atomic mass is 35.5. The van der Waals surface area contributed by atoms with E-state index >= 15 is 0 Å². The quantitative estimate of drug-likeness (QED) is 0.717. The van der Waals surface area contributed by atoms with Crippen LogP contribution < -0.4 is 20.5 Å². The van der Waals surface area contributed by atoms with Crippen LogP contribution in [0, 0.1) is 5.92 Å². The van der Waals surface area contributed by atoms with Crippen molar-refractivity contribution in [3.63, 3.8) is 0 Å². The third-order valence-corrected chi connectivity index (χ3v) is 3.16. The Labute approximate surface area is 145 Å². The summed E-state index contributed by atoms with van der Waals surface area (Å²) in [5, 5.41) is 2.82. The second kappa shape index (κ2) is 11.1. The minimum absolute atomic E-state index is 0. The number of carbonyl (C=O) groups is 1. The zero-order valence-corrected chi connectivity index (χ0v) is 15.2. The van der Waals surface area contributed by atoms with Crippen LogP contribution in [-0.2, 0) is 4.79 Å². The van der Waals surface area contributed by atoms with E-state index < -0.39 is 6.04 Å². The van der Waals surface area contributed by atoms with Crippen LogP contribution in [0.5, 0.6) is 11.5 Å². The number of halogens is 1. The first-order chi connectivity index (χ1) is 10.5. The van der Waals surface area contributed by atoms with Crippen molar-refractivity contribution in [2.24, 2.45) is 11.7 Å². The number of hydrogen-bond acceptors (Lipinski definition) is 4. The third-order valence-electron chi connectivity index (χ3n) is 3.16. The van der Waals surface area contributed by atoms with Gasteiger partial charge in [-0.25, -0.2) is 0 Å². The Balaban J connectivity index is 0.00000484. The van der Waals surface area contributed by atoms with Crippen molar-refractivity contribution in [3.8, 4) is 11.5 Å². The zero-order valence-electron chi connectivity index (χ0n) is 14.4. The summed E-state index contributed by atoms with van der Waals surface area (Å²) in [4.78, 5) is 12.0. The Kier molecular flexibility index (Phi) is 10.4. The second-order valence-corrected chi connectivity index (χ2v) is 5.62. The van der Waals surface area contributed by atoms with Gasteiger partial charge in [-0.1, -0.05) is 27.7 Å². The van der Waals surface area contributed by atoms with E-state index in [0.717, 1.165) is 12.8 Å². The van der Waals surface area contributed by atoms with E-state index in [1.807, 2.05) is 26.8 Å². The maximum atomic E-state index is 12.0. The summed E-state index contributed by atoms with van der Waals surface area (Å²) in [5.41, 5.74) is 6.52. The Morgan fingerprint density at radius 1 is 1.13 bits per heavy atom. The molecule has 132 valence electrons. The number of nitrogens with two attached hydrogens (primary N) is 1. The van der Waals surface area contributed by atoms with Crippen LogP contribution in [-0.4, -0.2) is 25.2 Å². The normalized spacial score (nSPS) is 11.6. The van der Waals surface area contributed by atoms with Gasteiger partial charge < -0.3 is 20.5 Å². The fraction of sp³-hybridized carbons (Fsp3) is 0.588. The van der Waals surface area contributed by atoms with E-state index in [1.54, 1.807) is 12.1 Å². The topological polar surface area (TPSA) is 73.6 Å². The molecule has 0 heterocycles. The predicted octanol–water partition coefficient (Wildman–Crippen LogP) is 3.61. The summed E-state index contributed by atoms with van der Waals surface area (Å²) in [6.07, 6.45) is 1.83. The van der Waals surface area contributed by atoms with Crippen LogP contribution in [0.2, 0.25) is 0 Å². The fourth-order valence-corrected chi connectivity index (χ4v) is 1.77. The highest BCUT2D eigenvalue weighted by molar-refractivity contribution is 5.95. The molecule has 1 aromatic carbocycles. The lowest BCUT2D eigenvalue weighted by Gasteiger charge is -2.17. The van der Waals surface area contributed by atoms with Crippen LogP contribution in [0.4, 0.5) is 5.69 Å². The molecule has 0 aromatic heterocycles. The second-order valence-electron chi connectivity index (χ2n) is 5.62. The minimum Gasteiger partial charge on any atom is -0.490 e. The Morgan fingerprint density at radius 3 is 2.22 bits per heavy atom. The molecule has 0 aliphatic heterocycles. The van der Waals surface area contributed by atoms with Crippen molar-refractivity contribution >= 4 is 24.0 Å². The number of hydrogen-bond donors (Lipinski definition) is 2. The van der Waals surface area contributed by atoms with Crippen LogP contribution in [0.25, 0.3) is 0 Å². The van der Waals surface area contributed by atoms with E-state index in [0.29, 0.717) is 30.4 Å². The molecule has 0 spiro atoms. The maximum Gasteiger partial charge on any atom is 0.241 e. The van der Waals surface area contributed by atoms with Gasteiger partial charge in [0.1, 0.15) is 0 Å². The lowest BCUT2D eigenvalue weighted by atomic mass is 10.0. The van der Waals surface area contributed by atoms with Crippen molar-refractivity contribution in [2.45, 2.75) is 46.6 Å². The molecule has 3 N–H and O–H groups in total. The van der Waals surface area contributed by atoms with Gasteiger partial charge in [0.05, 0.1) is 19.3 Å². The number of benzene rings is 1. The van der Waals surface area contributed by atoms with E-state index in [-0.39, 0.29) is 24.2 Å². The molecule has 0 aliphatic carbocycles. The van der Waals surface area contributed by atoms with Crippen LogP contribution in [0.3, 0.4) is 0 Å². The molecule has 0 fully saturated rings. The van der Waals surface area contributed by atoms with Crippen LogP contribution >= 0.6 is 12.4 Å². The molecule has 1 atom stereocenters. The maximum absolute atomic E-state index is 12.0. The third kappa shape index (κ3) is 7.10. The van der Waals surface area contributed by atoms with E-state index in [1.165, 1.54) is 0 Å². The average Bonchev–Trinajstić information content (AvgIpc) is 2.50. The van der Waals surface area contributed by atoms with Gasteiger partial charge in [0, 0.05) is 11.8 Å². The van der Waals surface area contributed by atoms with Crippen LogP contribution in [0.15, 0.2) is 18.2 Å². The van der Waals surface area contributed by atoms with Crippen molar-refractivity contribution in [1.82, 2.24) is 0 Å². The van der Waals surface area contributed by atoms with Crippen molar-refractivity contribution in [1.29, 1.82) is 0 Å². The Bertz CT molecular complexity index is 481. The first-order valence-electron chi connectivity index (χ1n) is 7.95. The summed E-state index contributed by atoms with van der Waals surface area (Å²) in [6.45, 7) is 9.16. The number of carbonyl (C=O) groups excluding carboxylic acids is 1. The van der Waals surface area contributed by atoms with Gasteiger partial charge in [0.2, 0.25) is 5.91 Å². The molecule has 23 heavy (non-hydrogen) atoms. The monoisotopic (exact) mass is 344 g/mol. The number of anilines is 1. The van der Waals surface area contributed by atoms with Crippen LogP contribution in [0.1, 0.15) is 40.5 Å². The molecule has 1 rings (SSSR count). The lowest BCUT2D eigenvalue weighted by molar-refractivity contribution is -0.118. The molecule has 5 nitrogen and oxygen atoms in total. The Hall–Kier alpha value is -1.46. The summed E-state index contributed by atoms with van der Waals surface area (Å²) >= 11 is 0. The lowest BCUT2D eigenvalue weighted by Crippen LogP contribution is -2.39. The van der Waals surface area contributed by atoms with Gasteiger partial charge in [0.25, 0.3) is 0 Å². The molecule has 0 aliphatic rings. The van der Waals surface area contributed by atoms with E-state index in [9.17, 15) is 4.79 Å². The minimum atomic E-state index is -0.531. The smallest absolute Gasteiger partial charge is 0.241 e. The highest BCUT2D eigenvalue weighted by Gasteiger charge is 2.18. The molecule has 1 aromatic rings. The molecule has 0 radical (unpaired) electrons. The SMILES string of the molecule is CCCOc1ccc(NC(=O)[C@H](N)C(C)C)cc1OCCC.Cl. The number of ether oxygens (including phenoxy) is 2. The molecule has 0 saturated carbocycles. The molecular weight excluding hydrogens is 316 g/mol. The van der Waals surface area contributed by atoms with E-state index in [2.05, 4.69) is 12.2 Å². The molecule has 0 saturated heterocycles. The zero-order chi connectivity index (χ0) is 16.5. The summed E-state index contributed by atoms with van der Waals surface area (Å²) in [5.74, 6) is 1.23. The van der Waals surface area contributed by atoms with Crippen molar-refractivity contribution in [3.05, 3.63) is 18.2 Å². The van der Waals surface area contributed by atoms with Crippen molar-refractivity contribution < 1.29 is 14.3 Å². The summed E-state index contributed by atoms with van der Waals surface area (Å²) < 4.78 is 11.4. The van der Waals surface area contributed by atoms with Gasteiger partial charge in [-0.05, 0) is 30.9 Å². The summed E-state index contributed by atoms with van der Waals surface area (Å²) in [6, 6.07) is 4.87. The summed E-state index contributed by atoms with van der Waals surface area (Å²) in [7, 11) is 0. The first kappa shape index (κ1) is 21.5. The molecule has 0 unspecified atom stereocenters. The largest absolute Gasteiger partial charge is 0.490 e. The molecule has 0 bridgehead atoms. The highest BCUT2D eigenvalue weighted by Crippen LogP contribution is 2.31. The van der Waals surface area contributed by atoms with Gasteiger partial charge in [-0.15, -0.1) is 12.4 Å². The van der Waals surface area contributed by atoms with Crippen molar-refractivity contribution in [2.75, 3.05) is 18.5 Å². The van der Waals surface area contributed by atoms with Gasteiger partial charge in [-0.3, -0.25) is 4.79 Å². The number of nitrogens with one attached hydrogen (secondary N) is 1. The average molecular weight is 345 g/mol. The van der Waals surface area contributed by atoms with Gasteiger partial charge in [-0.2, -0.15) is 0 Å². The molecule has 1 amide bonds. The van der Waals surface area contributed by atoms with E-state index in [4.69, 9.17) is 15.2 Å². The molecule has 6 heteroatoms. The Morgan fingerprint density at radius 2 is 1.70 bits per heavy atom. The first-order valence-corrected chi connectivity index (χ1v) is 7.95. The number of rotatable bonds is 9. The number of amides is 1. The van der Waals surface area contributed by atoms with Gasteiger partial charge >= 0.3 is 0 Å². The standard InChI is InChI=1S/C17H28N2O3.ClH/c1-5-9-21-14-8-7-13(11-15(14)22-10-6-2)19-17(20)16(18)12(3)4;/h7-8,11-12,16H,5-6,9-10,18H2,1-4H3,(H,19,20);1H/t16-;/m1./s1. The molecular formula is C17H29ClN2O3. The predicted molar refractivity (Wildman–Crippen MR) is 96.7 cm³/mol. The fourth-order valence-electron chi connectivity index (χ4n) is 1.77. The van der Waals surface area contributed by atoms with Gasteiger partial charge in [0.15, 0.2) is 11.5 Å².